The molecule has 1 unspecified atom stereocenters. The van der Waals surface area contributed by atoms with E-state index >= 15 is 0 Å². The Morgan fingerprint density at radius 3 is 3.08 bits per heavy atom. The Morgan fingerprint density at radius 2 is 2.27 bits per heavy atom. The van der Waals surface area contributed by atoms with Gasteiger partial charge in [-0.25, -0.2) is 19.9 Å². The molecule has 0 aliphatic carbocycles. The van der Waals surface area contributed by atoms with E-state index < -0.39 is 0 Å². The molecular formula is C17H18N8S. The second-order valence-electron chi connectivity index (χ2n) is 6.27. The highest BCUT2D eigenvalue weighted by molar-refractivity contribution is 7.22. The SMILES string of the molecule is Cc1nc(N)cc(Nc2nccc3nc(N4CCCC(C#N)C4)sc23)n1. The van der Waals surface area contributed by atoms with Gasteiger partial charge in [-0.15, -0.1) is 0 Å². The average molecular weight is 366 g/mol. The number of pyridine rings is 1. The third-order valence-electron chi connectivity index (χ3n) is 4.27. The summed E-state index contributed by atoms with van der Waals surface area (Å²) in [4.78, 5) is 19.8. The minimum Gasteiger partial charge on any atom is -0.384 e. The van der Waals surface area contributed by atoms with Gasteiger partial charge in [0, 0.05) is 25.4 Å². The molecule has 1 aliphatic rings. The van der Waals surface area contributed by atoms with E-state index in [4.69, 9.17) is 10.7 Å². The second-order valence-corrected chi connectivity index (χ2v) is 7.25. The summed E-state index contributed by atoms with van der Waals surface area (Å²) in [5.74, 6) is 2.37. The van der Waals surface area contributed by atoms with Gasteiger partial charge in [0.1, 0.15) is 17.5 Å². The van der Waals surface area contributed by atoms with Crippen molar-refractivity contribution in [1.82, 2.24) is 19.9 Å². The fraction of sp³-hybridized carbons (Fsp3) is 0.353. The second kappa shape index (κ2) is 6.72. The number of piperidine rings is 1. The number of rotatable bonds is 3. The number of hydrogen-bond acceptors (Lipinski definition) is 9. The van der Waals surface area contributed by atoms with Crippen LogP contribution in [0.1, 0.15) is 18.7 Å². The van der Waals surface area contributed by atoms with Crippen molar-refractivity contribution in [2.24, 2.45) is 5.92 Å². The molecule has 8 nitrogen and oxygen atoms in total. The first-order chi connectivity index (χ1) is 12.6. The van der Waals surface area contributed by atoms with Crippen molar-refractivity contribution in [3.8, 4) is 6.07 Å². The molecule has 0 bridgehead atoms. The Kier molecular flexibility index (Phi) is 4.26. The molecule has 1 fully saturated rings. The first-order valence-electron chi connectivity index (χ1n) is 8.40. The maximum absolute atomic E-state index is 9.21. The van der Waals surface area contributed by atoms with Crippen LogP contribution in [0.2, 0.25) is 0 Å². The largest absolute Gasteiger partial charge is 0.384 e. The van der Waals surface area contributed by atoms with Crippen LogP contribution in [-0.2, 0) is 0 Å². The number of nitrogens with one attached hydrogen (secondary N) is 1. The van der Waals surface area contributed by atoms with Crippen molar-refractivity contribution in [3.63, 3.8) is 0 Å². The van der Waals surface area contributed by atoms with Crippen LogP contribution in [-0.4, -0.2) is 33.0 Å². The van der Waals surface area contributed by atoms with Crippen LogP contribution >= 0.6 is 11.3 Å². The predicted octanol–water partition coefficient (Wildman–Crippen LogP) is 2.86. The van der Waals surface area contributed by atoms with Crippen LogP contribution < -0.4 is 16.0 Å². The third kappa shape index (κ3) is 3.23. The Balaban J connectivity index is 1.66. The number of hydrogen-bond donors (Lipinski definition) is 2. The third-order valence-corrected chi connectivity index (χ3v) is 5.41. The lowest BCUT2D eigenvalue weighted by Gasteiger charge is -2.28. The van der Waals surface area contributed by atoms with E-state index in [0.717, 1.165) is 41.3 Å². The van der Waals surface area contributed by atoms with E-state index in [0.29, 0.717) is 23.3 Å². The van der Waals surface area contributed by atoms with Gasteiger partial charge >= 0.3 is 0 Å². The summed E-state index contributed by atoms with van der Waals surface area (Å²) in [6.07, 6.45) is 3.69. The zero-order chi connectivity index (χ0) is 18.1. The minimum absolute atomic E-state index is 0.0680. The van der Waals surface area contributed by atoms with Crippen molar-refractivity contribution in [2.45, 2.75) is 19.8 Å². The molecule has 3 aromatic heterocycles. The maximum Gasteiger partial charge on any atom is 0.186 e. The van der Waals surface area contributed by atoms with Gasteiger partial charge in [0.25, 0.3) is 0 Å². The van der Waals surface area contributed by atoms with Crippen LogP contribution in [0.5, 0.6) is 0 Å². The molecule has 3 N–H and O–H groups in total. The van der Waals surface area contributed by atoms with Crippen LogP contribution in [0.15, 0.2) is 18.3 Å². The first-order valence-corrected chi connectivity index (χ1v) is 9.22. The summed E-state index contributed by atoms with van der Waals surface area (Å²) >= 11 is 1.58. The molecule has 4 rings (SSSR count). The Morgan fingerprint density at radius 1 is 1.38 bits per heavy atom. The number of anilines is 4. The number of nitriles is 1. The number of thiazole rings is 1. The molecule has 3 aromatic rings. The molecule has 0 saturated carbocycles. The summed E-state index contributed by atoms with van der Waals surface area (Å²) in [6.45, 7) is 3.45. The van der Waals surface area contributed by atoms with E-state index in [1.54, 1.807) is 30.5 Å². The lowest BCUT2D eigenvalue weighted by atomic mass is 10.0. The monoisotopic (exact) mass is 366 g/mol. The van der Waals surface area contributed by atoms with Crippen molar-refractivity contribution in [1.29, 1.82) is 5.26 Å². The van der Waals surface area contributed by atoms with Crippen molar-refractivity contribution in [3.05, 3.63) is 24.2 Å². The zero-order valence-corrected chi connectivity index (χ0v) is 15.1. The average Bonchev–Trinajstić information content (AvgIpc) is 3.06. The molecule has 9 heteroatoms. The molecule has 1 aliphatic heterocycles. The van der Waals surface area contributed by atoms with Crippen molar-refractivity contribution in [2.75, 3.05) is 29.0 Å². The van der Waals surface area contributed by atoms with Gasteiger partial charge in [-0.1, -0.05) is 11.3 Å². The summed E-state index contributed by atoms with van der Waals surface area (Å²) in [5, 5.41) is 13.4. The topological polar surface area (TPSA) is 117 Å². The molecule has 0 aromatic carbocycles. The molecule has 0 amide bonds. The molecule has 132 valence electrons. The molecule has 4 heterocycles. The van der Waals surface area contributed by atoms with Crippen LogP contribution in [0.3, 0.4) is 0 Å². The summed E-state index contributed by atoms with van der Waals surface area (Å²) in [5.41, 5.74) is 6.67. The quantitative estimate of drug-likeness (QED) is 0.727. The zero-order valence-electron chi connectivity index (χ0n) is 14.3. The van der Waals surface area contributed by atoms with Crippen LogP contribution in [0.4, 0.5) is 22.6 Å². The van der Waals surface area contributed by atoms with Gasteiger partial charge in [-0.2, -0.15) is 5.26 Å². The van der Waals surface area contributed by atoms with Gasteiger partial charge in [0.05, 0.1) is 22.2 Å². The lowest BCUT2D eigenvalue weighted by molar-refractivity contribution is 0.493. The number of nitrogen functional groups attached to an aromatic ring is 1. The number of fused-ring (bicyclic) bond motifs is 1. The van der Waals surface area contributed by atoms with E-state index in [9.17, 15) is 5.26 Å². The fourth-order valence-corrected chi connectivity index (χ4v) is 4.14. The summed E-state index contributed by atoms with van der Waals surface area (Å²) < 4.78 is 0.955. The van der Waals surface area contributed by atoms with E-state index in [1.807, 2.05) is 6.07 Å². The summed E-state index contributed by atoms with van der Waals surface area (Å²) in [6, 6.07) is 5.95. The van der Waals surface area contributed by atoms with E-state index in [-0.39, 0.29) is 5.92 Å². The Labute approximate surface area is 154 Å². The number of nitrogens with two attached hydrogens (primary N) is 1. The highest BCUT2D eigenvalue weighted by atomic mass is 32.1. The molecular weight excluding hydrogens is 348 g/mol. The van der Waals surface area contributed by atoms with Gasteiger partial charge in [-0.05, 0) is 25.8 Å². The highest BCUT2D eigenvalue weighted by Crippen LogP contribution is 2.35. The predicted molar refractivity (Wildman–Crippen MR) is 102 cm³/mol. The van der Waals surface area contributed by atoms with Gasteiger partial charge in [0.15, 0.2) is 10.9 Å². The number of aromatic nitrogens is 4. The smallest absolute Gasteiger partial charge is 0.186 e. The minimum atomic E-state index is 0.0680. The van der Waals surface area contributed by atoms with Crippen LogP contribution in [0, 0.1) is 24.2 Å². The van der Waals surface area contributed by atoms with Gasteiger partial charge < -0.3 is 16.0 Å². The first kappa shape index (κ1) is 16.5. The molecule has 1 atom stereocenters. The number of aryl methyl sites for hydroxylation is 1. The molecule has 0 radical (unpaired) electrons. The summed E-state index contributed by atoms with van der Waals surface area (Å²) in [7, 11) is 0. The van der Waals surface area contributed by atoms with Crippen LogP contribution in [0.25, 0.3) is 10.2 Å². The lowest BCUT2D eigenvalue weighted by Crippen LogP contribution is -2.34. The molecule has 0 spiro atoms. The Bertz CT molecular complexity index is 972. The molecule has 26 heavy (non-hydrogen) atoms. The Hall–Kier alpha value is -2.99. The fourth-order valence-electron chi connectivity index (χ4n) is 3.10. The maximum atomic E-state index is 9.21. The standard InChI is InChI=1S/C17H18N8S/c1-10-21-13(19)7-14(22-10)24-16-15-12(4-5-20-16)23-17(26-15)25-6-2-3-11(8-18)9-25/h4-5,7,11H,2-3,6,9H2,1H3,(H3,19,20,21,22,24). The van der Waals surface area contributed by atoms with Crippen molar-refractivity contribution < 1.29 is 0 Å². The van der Waals surface area contributed by atoms with Crippen molar-refractivity contribution >= 4 is 44.1 Å². The van der Waals surface area contributed by atoms with E-state index in [2.05, 4.69) is 31.2 Å². The number of nitrogens with zero attached hydrogens (tertiary/aromatic N) is 6. The highest BCUT2D eigenvalue weighted by Gasteiger charge is 2.22. The van der Waals surface area contributed by atoms with E-state index in [1.165, 1.54) is 0 Å². The molecule has 1 saturated heterocycles. The van der Waals surface area contributed by atoms with Gasteiger partial charge in [0.2, 0.25) is 0 Å². The van der Waals surface area contributed by atoms with Gasteiger partial charge in [-0.3, -0.25) is 0 Å². The normalized spacial score (nSPS) is 17.2.